The number of urea groups is 1. The molecule has 1 fully saturated rings. The summed E-state index contributed by atoms with van der Waals surface area (Å²) in [4.78, 5) is 12.3. The lowest BCUT2D eigenvalue weighted by Crippen LogP contribution is -2.35. The van der Waals surface area contributed by atoms with Crippen LogP contribution in [0.4, 0.5) is 10.5 Å². The first-order chi connectivity index (χ1) is 12.9. The number of hydrogen-bond acceptors (Lipinski definition) is 4. The van der Waals surface area contributed by atoms with Crippen LogP contribution in [-0.4, -0.2) is 31.8 Å². The number of benzene rings is 1. The molecule has 1 aromatic heterocycles. The molecule has 1 atom stereocenters. The molecule has 0 radical (unpaired) electrons. The van der Waals surface area contributed by atoms with E-state index in [0.717, 1.165) is 24.8 Å². The second kappa shape index (κ2) is 8.14. The molecule has 0 unspecified atom stereocenters. The van der Waals surface area contributed by atoms with Gasteiger partial charge in [-0.1, -0.05) is 36.8 Å². The molecular weight excluding hydrogens is 366 g/mol. The fourth-order valence-corrected chi connectivity index (χ4v) is 4.61. The lowest BCUT2D eigenvalue weighted by molar-refractivity contribution is 0.249. The Balaban J connectivity index is 1.68. The summed E-state index contributed by atoms with van der Waals surface area (Å²) in [5.74, 6) is 0.355. The number of amides is 2. The van der Waals surface area contributed by atoms with E-state index in [2.05, 4.69) is 10.6 Å². The van der Waals surface area contributed by atoms with Crippen molar-refractivity contribution in [2.24, 2.45) is 0 Å². The fourth-order valence-electron chi connectivity index (χ4n) is 3.12. The van der Waals surface area contributed by atoms with Crippen LogP contribution in [-0.2, 0) is 10.0 Å². The maximum absolute atomic E-state index is 12.7. The minimum absolute atomic E-state index is 0.131. The molecule has 2 N–H and O–H groups in total. The van der Waals surface area contributed by atoms with E-state index in [1.165, 1.54) is 10.4 Å². The Labute approximate surface area is 159 Å². The van der Waals surface area contributed by atoms with E-state index >= 15 is 0 Å². The highest BCUT2D eigenvalue weighted by molar-refractivity contribution is 7.89. The zero-order valence-electron chi connectivity index (χ0n) is 15.6. The lowest BCUT2D eigenvalue weighted by atomic mass is 10.1. The van der Waals surface area contributed by atoms with Crippen molar-refractivity contribution in [3.8, 4) is 0 Å². The smallest absolute Gasteiger partial charge is 0.319 e. The fraction of sp³-hybridized carbons (Fsp3) is 0.421. The van der Waals surface area contributed by atoms with Crippen LogP contribution in [0.3, 0.4) is 0 Å². The van der Waals surface area contributed by atoms with Crippen molar-refractivity contribution >= 4 is 21.7 Å². The Kier molecular flexibility index (Phi) is 5.86. The van der Waals surface area contributed by atoms with Crippen LogP contribution in [0.5, 0.6) is 0 Å². The Bertz CT molecular complexity index is 887. The number of sulfonamides is 1. The van der Waals surface area contributed by atoms with Gasteiger partial charge in [-0.25, -0.2) is 13.2 Å². The zero-order valence-corrected chi connectivity index (χ0v) is 16.4. The van der Waals surface area contributed by atoms with Gasteiger partial charge in [0.05, 0.1) is 11.7 Å². The Morgan fingerprint density at radius 3 is 2.48 bits per heavy atom. The van der Waals surface area contributed by atoms with E-state index in [0.29, 0.717) is 24.5 Å². The minimum Gasteiger partial charge on any atom is -0.446 e. The molecule has 1 aromatic carbocycles. The monoisotopic (exact) mass is 391 g/mol. The summed E-state index contributed by atoms with van der Waals surface area (Å²) in [6.45, 7) is 4.51. The molecule has 0 bridgehead atoms. The van der Waals surface area contributed by atoms with Gasteiger partial charge in [-0.15, -0.1) is 0 Å². The van der Waals surface area contributed by atoms with Gasteiger partial charge in [0, 0.05) is 19.2 Å². The van der Waals surface area contributed by atoms with Gasteiger partial charge < -0.3 is 15.1 Å². The summed E-state index contributed by atoms with van der Waals surface area (Å²) in [7, 11) is -3.67. The molecule has 2 aromatic rings. The first kappa shape index (κ1) is 19.4. The number of carbonyl (C=O) groups is 1. The van der Waals surface area contributed by atoms with Crippen LogP contribution >= 0.6 is 0 Å². The number of piperidine rings is 1. The maximum atomic E-state index is 12.7. The molecule has 2 amide bonds. The third-order valence-corrected chi connectivity index (χ3v) is 6.45. The van der Waals surface area contributed by atoms with Crippen molar-refractivity contribution in [2.45, 2.75) is 44.2 Å². The second-order valence-electron chi connectivity index (χ2n) is 6.73. The number of anilines is 1. The third-order valence-electron chi connectivity index (χ3n) is 4.70. The quantitative estimate of drug-likeness (QED) is 0.814. The number of nitrogens with zero attached hydrogens (tertiary/aromatic N) is 1. The molecule has 8 heteroatoms. The topological polar surface area (TPSA) is 91.7 Å². The molecule has 27 heavy (non-hydrogen) atoms. The minimum atomic E-state index is -3.67. The van der Waals surface area contributed by atoms with Crippen LogP contribution in [0, 0.1) is 6.92 Å². The highest BCUT2D eigenvalue weighted by Crippen LogP contribution is 2.28. The molecule has 146 valence electrons. The highest BCUT2D eigenvalue weighted by atomic mass is 32.2. The largest absolute Gasteiger partial charge is 0.446 e. The van der Waals surface area contributed by atoms with Crippen LogP contribution in [0.15, 0.2) is 45.9 Å². The Hall–Kier alpha value is -2.32. The number of aryl methyl sites for hydroxylation is 1. The molecule has 1 aliphatic heterocycles. The van der Waals surface area contributed by atoms with E-state index in [4.69, 9.17) is 4.42 Å². The summed E-state index contributed by atoms with van der Waals surface area (Å²) in [6, 6.07) is 10.4. The van der Waals surface area contributed by atoms with Gasteiger partial charge in [0.25, 0.3) is 10.0 Å². The summed E-state index contributed by atoms with van der Waals surface area (Å²) in [6.07, 6.45) is 2.74. The first-order valence-corrected chi connectivity index (χ1v) is 10.5. The number of carbonyl (C=O) groups excluding carboxylic acids is 1. The van der Waals surface area contributed by atoms with Gasteiger partial charge in [-0.2, -0.15) is 4.31 Å². The number of rotatable bonds is 5. The second-order valence-corrected chi connectivity index (χ2v) is 8.60. The van der Waals surface area contributed by atoms with Crippen molar-refractivity contribution in [3.63, 3.8) is 0 Å². The summed E-state index contributed by atoms with van der Waals surface area (Å²) >= 11 is 0. The van der Waals surface area contributed by atoms with Crippen molar-refractivity contribution in [1.82, 2.24) is 9.62 Å². The normalized spacial score (nSPS) is 16.7. The van der Waals surface area contributed by atoms with Crippen molar-refractivity contribution < 1.29 is 17.6 Å². The van der Waals surface area contributed by atoms with Gasteiger partial charge in [-0.3, -0.25) is 0 Å². The van der Waals surface area contributed by atoms with Crippen LogP contribution in [0.2, 0.25) is 0 Å². The van der Waals surface area contributed by atoms with Crippen LogP contribution < -0.4 is 10.6 Å². The first-order valence-electron chi connectivity index (χ1n) is 9.11. The van der Waals surface area contributed by atoms with E-state index in [1.54, 1.807) is 6.92 Å². The summed E-state index contributed by atoms with van der Waals surface area (Å²) in [5, 5.41) is 5.38. The Morgan fingerprint density at radius 2 is 1.81 bits per heavy atom. The van der Waals surface area contributed by atoms with Gasteiger partial charge in [0.2, 0.25) is 5.09 Å². The zero-order chi connectivity index (χ0) is 19.4. The average Bonchev–Trinajstić information content (AvgIpc) is 3.04. The standard InChI is InChI=1S/C19H25N3O4S/c1-14(16-9-5-3-6-10-16)20-19(23)21-17-13-18(26-15(17)2)27(24,25)22-11-7-4-8-12-22/h3,5-6,9-10,13-14H,4,7-8,11-12H2,1-2H3,(H2,20,21,23)/t14-/m0/s1. The molecule has 2 heterocycles. The van der Waals surface area contributed by atoms with E-state index in [-0.39, 0.29) is 11.1 Å². The van der Waals surface area contributed by atoms with Crippen molar-refractivity contribution in [3.05, 3.63) is 47.7 Å². The molecule has 0 aliphatic carbocycles. The van der Waals surface area contributed by atoms with Crippen LogP contribution in [0.1, 0.15) is 43.6 Å². The summed E-state index contributed by atoms with van der Waals surface area (Å²) < 4.78 is 32.3. The highest BCUT2D eigenvalue weighted by Gasteiger charge is 2.30. The van der Waals surface area contributed by atoms with Crippen LogP contribution in [0.25, 0.3) is 0 Å². The number of nitrogens with one attached hydrogen (secondary N) is 2. The van der Waals surface area contributed by atoms with E-state index in [1.807, 2.05) is 37.3 Å². The van der Waals surface area contributed by atoms with Gasteiger partial charge in [0.1, 0.15) is 5.76 Å². The maximum Gasteiger partial charge on any atom is 0.319 e. The van der Waals surface area contributed by atoms with Gasteiger partial charge in [-0.05, 0) is 32.3 Å². The van der Waals surface area contributed by atoms with E-state index in [9.17, 15) is 13.2 Å². The molecule has 7 nitrogen and oxygen atoms in total. The van der Waals surface area contributed by atoms with Gasteiger partial charge >= 0.3 is 6.03 Å². The number of hydrogen-bond donors (Lipinski definition) is 2. The third kappa shape index (κ3) is 4.51. The average molecular weight is 391 g/mol. The Morgan fingerprint density at radius 1 is 1.15 bits per heavy atom. The molecular formula is C19H25N3O4S. The SMILES string of the molecule is Cc1oc(S(=O)(=O)N2CCCCC2)cc1NC(=O)N[C@@H](C)c1ccccc1. The number of furan rings is 1. The summed E-state index contributed by atoms with van der Waals surface area (Å²) in [5.41, 5.74) is 1.33. The van der Waals surface area contributed by atoms with Gasteiger partial charge in [0.15, 0.2) is 0 Å². The van der Waals surface area contributed by atoms with Crippen molar-refractivity contribution in [1.29, 1.82) is 0 Å². The molecule has 1 saturated heterocycles. The molecule has 3 rings (SSSR count). The predicted molar refractivity (Wildman–Crippen MR) is 103 cm³/mol. The molecule has 0 spiro atoms. The molecule has 1 aliphatic rings. The van der Waals surface area contributed by atoms with Crippen molar-refractivity contribution in [2.75, 3.05) is 18.4 Å². The van der Waals surface area contributed by atoms with E-state index < -0.39 is 16.1 Å². The lowest BCUT2D eigenvalue weighted by Gasteiger charge is -2.24. The predicted octanol–water partition coefficient (Wildman–Crippen LogP) is 3.65. The molecule has 0 saturated carbocycles.